The molecule has 0 aliphatic rings. The standard InChI is InChI=1S/C30H39BrO6/c1-3-23(2)22-35-29(33)24-13-19-27(20-14-24)37-30(34)25-15-17-26(18-16-25)36-28(32)12-10-8-6-4-5-7-9-11-21-31/h13-20,23H,3-12,21-22H2,1-2H3/t23-/m0/s1. The van der Waals surface area contributed by atoms with Crippen molar-refractivity contribution in [2.75, 3.05) is 11.9 Å². The summed E-state index contributed by atoms with van der Waals surface area (Å²) in [6, 6.07) is 12.5. The number of unbranched alkanes of at least 4 members (excludes halogenated alkanes) is 7. The maximum Gasteiger partial charge on any atom is 0.343 e. The zero-order chi connectivity index (χ0) is 26.9. The molecule has 0 aromatic heterocycles. The van der Waals surface area contributed by atoms with Crippen LogP contribution in [0.2, 0.25) is 0 Å². The molecular weight excluding hydrogens is 536 g/mol. The number of ether oxygens (including phenoxy) is 3. The first-order valence-electron chi connectivity index (χ1n) is 13.3. The van der Waals surface area contributed by atoms with Crippen molar-refractivity contribution in [3.8, 4) is 11.5 Å². The van der Waals surface area contributed by atoms with Crippen molar-refractivity contribution in [3.05, 3.63) is 59.7 Å². The van der Waals surface area contributed by atoms with E-state index < -0.39 is 11.9 Å². The molecule has 0 bridgehead atoms. The Bertz CT molecular complexity index is 955. The summed E-state index contributed by atoms with van der Waals surface area (Å²) < 4.78 is 16.0. The van der Waals surface area contributed by atoms with Crippen molar-refractivity contribution in [1.29, 1.82) is 0 Å². The Hall–Kier alpha value is -2.67. The lowest BCUT2D eigenvalue weighted by Gasteiger charge is -2.10. The molecule has 2 aromatic rings. The predicted octanol–water partition coefficient (Wildman–Crippen LogP) is 7.92. The van der Waals surface area contributed by atoms with E-state index in [1.54, 1.807) is 48.5 Å². The molecule has 0 amide bonds. The van der Waals surface area contributed by atoms with Crippen LogP contribution in [0.15, 0.2) is 48.5 Å². The fraction of sp³-hybridized carbons (Fsp3) is 0.500. The molecule has 0 unspecified atom stereocenters. The zero-order valence-corrected chi connectivity index (χ0v) is 23.6. The van der Waals surface area contributed by atoms with Crippen molar-refractivity contribution in [2.24, 2.45) is 5.92 Å². The summed E-state index contributed by atoms with van der Waals surface area (Å²) >= 11 is 3.45. The SMILES string of the molecule is CC[C@H](C)COC(=O)c1ccc(OC(=O)c2ccc(OC(=O)CCCCCCCCCCBr)cc2)cc1. The number of halogens is 1. The Balaban J connectivity index is 1.70. The Labute approximate surface area is 229 Å². The monoisotopic (exact) mass is 574 g/mol. The number of carbonyl (C=O) groups excluding carboxylic acids is 3. The van der Waals surface area contributed by atoms with Gasteiger partial charge in [-0.05, 0) is 67.3 Å². The van der Waals surface area contributed by atoms with Crippen molar-refractivity contribution < 1.29 is 28.6 Å². The first-order chi connectivity index (χ1) is 17.9. The number of hydrogen-bond donors (Lipinski definition) is 0. The van der Waals surface area contributed by atoms with E-state index in [9.17, 15) is 14.4 Å². The summed E-state index contributed by atoms with van der Waals surface area (Å²) in [6.07, 6.45) is 10.6. The van der Waals surface area contributed by atoms with Crippen molar-refractivity contribution in [2.45, 2.75) is 78.1 Å². The van der Waals surface area contributed by atoms with Crippen LogP contribution < -0.4 is 9.47 Å². The molecule has 0 saturated heterocycles. The van der Waals surface area contributed by atoms with Crippen LogP contribution in [0, 0.1) is 5.92 Å². The van der Waals surface area contributed by atoms with Gasteiger partial charge < -0.3 is 14.2 Å². The summed E-state index contributed by atoms with van der Waals surface area (Å²) in [5, 5.41) is 1.08. The molecule has 0 saturated carbocycles. The minimum Gasteiger partial charge on any atom is -0.462 e. The minimum absolute atomic E-state index is 0.268. The van der Waals surface area contributed by atoms with Crippen LogP contribution in [0.5, 0.6) is 11.5 Å². The highest BCUT2D eigenvalue weighted by molar-refractivity contribution is 9.09. The van der Waals surface area contributed by atoms with E-state index in [1.807, 2.05) is 13.8 Å². The molecule has 7 heteroatoms. The van der Waals surface area contributed by atoms with E-state index in [0.717, 1.165) is 31.0 Å². The van der Waals surface area contributed by atoms with Gasteiger partial charge in [-0.3, -0.25) is 4.79 Å². The first kappa shape index (κ1) is 30.6. The van der Waals surface area contributed by atoms with E-state index in [1.165, 1.54) is 32.1 Å². The fourth-order valence-electron chi connectivity index (χ4n) is 3.51. The summed E-state index contributed by atoms with van der Waals surface area (Å²) in [5.74, 6) is -0.198. The largest absolute Gasteiger partial charge is 0.462 e. The van der Waals surface area contributed by atoms with E-state index in [-0.39, 0.29) is 5.97 Å². The number of carbonyl (C=O) groups is 3. The molecule has 0 spiro atoms. The molecular formula is C30H39BrO6. The molecule has 0 fully saturated rings. The second kappa shape index (κ2) is 17.7. The summed E-state index contributed by atoms with van der Waals surface area (Å²) in [4.78, 5) is 36.6. The summed E-state index contributed by atoms with van der Waals surface area (Å²) in [6.45, 7) is 4.43. The number of alkyl halides is 1. The lowest BCUT2D eigenvalue weighted by Crippen LogP contribution is -2.12. The highest BCUT2D eigenvalue weighted by Gasteiger charge is 2.13. The lowest BCUT2D eigenvalue weighted by molar-refractivity contribution is -0.134. The van der Waals surface area contributed by atoms with Gasteiger partial charge in [-0.25, -0.2) is 9.59 Å². The summed E-state index contributed by atoms with van der Waals surface area (Å²) in [7, 11) is 0. The van der Waals surface area contributed by atoms with E-state index in [0.29, 0.717) is 41.6 Å². The third-order valence-corrected chi connectivity index (χ3v) is 6.64. The van der Waals surface area contributed by atoms with Gasteiger partial charge in [0.25, 0.3) is 0 Å². The van der Waals surface area contributed by atoms with Crippen molar-refractivity contribution in [3.63, 3.8) is 0 Å². The van der Waals surface area contributed by atoms with Crippen LogP contribution in [-0.2, 0) is 9.53 Å². The quantitative estimate of drug-likeness (QED) is 0.0825. The molecule has 37 heavy (non-hydrogen) atoms. The zero-order valence-electron chi connectivity index (χ0n) is 22.0. The van der Waals surface area contributed by atoms with Gasteiger partial charge in [-0.2, -0.15) is 0 Å². The molecule has 0 heterocycles. The number of esters is 3. The molecule has 2 aromatic carbocycles. The third kappa shape index (κ3) is 12.4. The van der Waals surface area contributed by atoms with E-state index in [2.05, 4.69) is 15.9 Å². The van der Waals surface area contributed by atoms with Crippen LogP contribution in [-0.4, -0.2) is 29.8 Å². The normalized spacial score (nSPS) is 11.5. The van der Waals surface area contributed by atoms with Gasteiger partial charge in [0, 0.05) is 11.8 Å². The van der Waals surface area contributed by atoms with E-state index >= 15 is 0 Å². The molecule has 1 atom stereocenters. The Kier molecular flexibility index (Phi) is 14.6. The van der Waals surface area contributed by atoms with Gasteiger partial charge >= 0.3 is 17.9 Å². The van der Waals surface area contributed by atoms with Gasteiger partial charge in [0.15, 0.2) is 0 Å². The number of benzene rings is 2. The maximum absolute atomic E-state index is 12.5. The van der Waals surface area contributed by atoms with E-state index in [4.69, 9.17) is 14.2 Å². The van der Waals surface area contributed by atoms with Crippen LogP contribution in [0.1, 0.15) is 98.8 Å². The average molecular weight is 576 g/mol. The van der Waals surface area contributed by atoms with Crippen LogP contribution >= 0.6 is 15.9 Å². The smallest absolute Gasteiger partial charge is 0.343 e. The number of rotatable bonds is 17. The van der Waals surface area contributed by atoms with Crippen LogP contribution in [0.25, 0.3) is 0 Å². The highest BCUT2D eigenvalue weighted by Crippen LogP contribution is 2.18. The number of hydrogen-bond acceptors (Lipinski definition) is 6. The molecule has 0 aliphatic carbocycles. The van der Waals surface area contributed by atoms with Gasteiger partial charge in [-0.15, -0.1) is 0 Å². The second-order valence-corrected chi connectivity index (χ2v) is 10.1. The topological polar surface area (TPSA) is 78.9 Å². The van der Waals surface area contributed by atoms with Crippen LogP contribution in [0.3, 0.4) is 0 Å². The Morgan fingerprint density at radius 3 is 1.73 bits per heavy atom. The van der Waals surface area contributed by atoms with Crippen LogP contribution in [0.4, 0.5) is 0 Å². The second-order valence-electron chi connectivity index (χ2n) is 9.29. The Morgan fingerprint density at radius 2 is 1.19 bits per heavy atom. The maximum atomic E-state index is 12.5. The minimum atomic E-state index is -0.544. The third-order valence-electron chi connectivity index (χ3n) is 6.08. The lowest BCUT2D eigenvalue weighted by atomic mass is 10.1. The first-order valence-corrected chi connectivity index (χ1v) is 14.4. The van der Waals surface area contributed by atoms with Gasteiger partial charge in [0.2, 0.25) is 0 Å². The molecule has 2 rings (SSSR count). The van der Waals surface area contributed by atoms with Crippen molar-refractivity contribution in [1.82, 2.24) is 0 Å². The van der Waals surface area contributed by atoms with Gasteiger partial charge in [0.1, 0.15) is 11.5 Å². The van der Waals surface area contributed by atoms with Gasteiger partial charge in [0.05, 0.1) is 17.7 Å². The average Bonchev–Trinajstić information content (AvgIpc) is 2.91. The van der Waals surface area contributed by atoms with Gasteiger partial charge in [-0.1, -0.05) is 74.7 Å². The Morgan fingerprint density at radius 1 is 0.703 bits per heavy atom. The van der Waals surface area contributed by atoms with Crippen molar-refractivity contribution >= 4 is 33.8 Å². The fourth-order valence-corrected chi connectivity index (χ4v) is 3.91. The highest BCUT2D eigenvalue weighted by atomic mass is 79.9. The molecule has 0 radical (unpaired) electrons. The summed E-state index contributed by atoms with van der Waals surface area (Å²) in [5.41, 5.74) is 0.725. The predicted molar refractivity (Wildman–Crippen MR) is 149 cm³/mol. The molecule has 0 N–H and O–H groups in total. The molecule has 0 aliphatic heterocycles. The molecule has 202 valence electrons. The molecule has 6 nitrogen and oxygen atoms in total.